The van der Waals surface area contributed by atoms with E-state index in [4.69, 9.17) is 9.97 Å². The van der Waals surface area contributed by atoms with Crippen LogP contribution in [0.5, 0.6) is 0 Å². The second-order valence-electron chi connectivity index (χ2n) is 10.4. The molecule has 2 N–H and O–H groups in total. The van der Waals surface area contributed by atoms with Crippen LogP contribution in [0.25, 0.3) is 43.6 Å². The molecule has 0 atom stereocenters. The molecule has 4 nitrogen and oxygen atoms in total. The molecule has 4 aromatic carbocycles. The van der Waals surface area contributed by atoms with Gasteiger partial charge in [0, 0.05) is 34.6 Å². The fourth-order valence-corrected chi connectivity index (χ4v) is 5.62. The number of nitrogens with zero attached hydrogens (tertiary/aromatic N) is 2. The highest BCUT2D eigenvalue weighted by Crippen LogP contribution is 2.32. The third kappa shape index (κ3) is 5.65. The molecule has 0 saturated heterocycles. The smallest absolute Gasteiger partial charge is 0.0730 e. The molecule has 0 bridgehead atoms. The van der Waals surface area contributed by atoms with E-state index in [-0.39, 0.29) is 0 Å². The number of nitrogens with one attached hydrogen (secondary N) is 2. The summed E-state index contributed by atoms with van der Waals surface area (Å²) in [5, 5.41) is 12.3. The molecule has 0 aliphatic heterocycles. The highest BCUT2D eigenvalue weighted by Gasteiger charge is 2.09. The molecule has 6 aromatic rings. The zero-order valence-corrected chi connectivity index (χ0v) is 22.5. The fourth-order valence-electron chi connectivity index (χ4n) is 5.62. The second-order valence-corrected chi connectivity index (χ2v) is 10.4. The lowest BCUT2D eigenvalue weighted by atomic mass is 10.1. The van der Waals surface area contributed by atoms with E-state index in [1.807, 2.05) is 0 Å². The molecule has 0 aliphatic rings. The minimum Gasteiger partial charge on any atom is -0.384 e. The van der Waals surface area contributed by atoms with E-state index in [2.05, 4.69) is 108 Å². The van der Waals surface area contributed by atoms with Gasteiger partial charge in [0.1, 0.15) is 0 Å². The monoisotopic (exact) mass is 512 g/mol. The molecule has 0 radical (unpaired) electrons. The summed E-state index contributed by atoms with van der Waals surface area (Å²) in [7, 11) is 0. The Kier molecular flexibility index (Phi) is 7.81. The van der Waals surface area contributed by atoms with Gasteiger partial charge in [-0.15, -0.1) is 0 Å². The predicted octanol–water partition coefficient (Wildman–Crippen LogP) is 9.34. The van der Waals surface area contributed by atoms with Gasteiger partial charge in [0.2, 0.25) is 0 Å². The SMILES string of the molecule is c1ccc2c(NCCCCCCCCCNc3c4ccccc4nc4ccccc34)c3ccccc3nc2c1. The van der Waals surface area contributed by atoms with Crippen LogP contribution in [-0.2, 0) is 0 Å². The summed E-state index contributed by atoms with van der Waals surface area (Å²) in [6.07, 6.45) is 8.81. The van der Waals surface area contributed by atoms with Crippen molar-refractivity contribution in [1.29, 1.82) is 0 Å². The maximum atomic E-state index is 4.83. The molecule has 0 fully saturated rings. The third-order valence-electron chi connectivity index (χ3n) is 7.63. The number of pyridine rings is 2. The standard InChI is InChI=1S/C35H36N4/c1(2-4-14-24-36-34-26-16-6-10-20-30(26)38-31-21-11-7-17-27(31)34)3-5-15-25-37-35-28-18-8-12-22-32(28)39-33-23-13-9-19-29(33)35/h6-13,16-23H,1-5,14-15,24-25H2,(H,36,38)(H,37,39). The summed E-state index contributed by atoms with van der Waals surface area (Å²) in [5.41, 5.74) is 6.66. The van der Waals surface area contributed by atoms with Crippen molar-refractivity contribution in [3.8, 4) is 0 Å². The summed E-state index contributed by atoms with van der Waals surface area (Å²) in [6, 6.07) is 33.7. The lowest BCUT2D eigenvalue weighted by molar-refractivity contribution is 0.591. The normalized spacial score (nSPS) is 11.5. The Balaban J connectivity index is 0.929. The first-order valence-corrected chi connectivity index (χ1v) is 14.4. The average Bonchev–Trinajstić information content (AvgIpc) is 2.98. The molecule has 4 heteroatoms. The van der Waals surface area contributed by atoms with Gasteiger partial charge in [0.05, 0.1) is 33.4 Å². The van der Waals surface area contributed by atoms with Crippen LogP contribution in [0.15, 0.2) is 97.1 Å². The van der Waals surface area contributed by atoms with E-state index in [1.54, 1.807) is 0 Å². The molecule has 0 saturated carbocycles. The van der Waals surface area contributed by atoms with Crippen LogP contribution in [0.2, 0.25) is 0 Å². The van der Waals surface area contributed by atoms with Gasteiger partial charge in [-0.1, -0.05) is 105 Å². The second kappa shape index (κ2) is 12.1. The Morgan fingerprint density at radius 2 is 0.641 bits per heavy atom. The van der Waals surface area contributed by atoms with Crippen LogP contribution in [-0.4, -0.2) is 23.1 Å². The van der Waals surface area contributed by atoms with Gasteiger partial charge < -0.3 is 10.6 Å². The Labute approximate surface area is 230 Å². The van der Waals surface area contributed by atoms with Gasteiger partial charge in [-0.05, 0) is 37.1 Å². The van der Waals surface area contributed by atoms with E-state index >= 15 is 0 Å². The molecule has 0 unspecified atom stereocenters. The number of benzene rings is 4. The highest BCUT2D eigenvalue weighted by atomic mass is 14.9. The third-order valence-corrected chi connectivity index (χ3v) is 7.63. The van der Waals surface area contributed by atoms with Crippen molar-refractivity contribution < 1.29 is 0 Å². The van der Waals surface area contributed by atoms with E-state index in [9.17, 15) is 0 Å². The summed E-state index contributed by atoms with van der Waals surface area (Å²) in [4.78, 5) is 9.67. The van der Waals surface area contributed by atoms with Gasteiger partial charge in [0.25, 0.3) is 0 Å². The van der Waals surface area contributed by atoms with Crippen molar-refractivity contribution in [2.45, 2.75) is 44.9 Å². The average molecular weight is 513 g/mol. The molecule has 39 heavy (non-hydrogen) atoms. The molecule has 0 amide bonds. The van der Waals surface area contributed by atoms with Crippen LogP contribution in [0, 0.1) is 0 Å². The van der Waals surface area contributed by atoms with Gasteiger partial charge in [-0.3, -0.25) is 0 Å². The first-order valence-electron chi connectivity index (χ1n) is 14.4. The van der Waals surface area contributed by atoms with E-state index in [1.165, 1.54) is 77.9 Å². The molecule has 0 aliphatic carbocycles. The number of hydrogen-bond donors (Lipinski definition) is 2. The molecular weight excluding hydrogens is 476 g/mol. The first-order chi connectivity index (χ1) is 19.4. The quantitative estimate of drug-likeness (QED) is 0.127. The van der Waals surface area contributed by atoms with Crippen molar-refractivity contribution in [1.82, 2.24) is 9.97 Å². The fraction of sp³-hybridized carbons (Fsp3) is 0.257. The number of rotatable bonds is 12. The summed E-state index contributed by atoms with van der Waals surface area (Å²) in [5.74, 6) is 0. The number of hydrogen-bond acceptors (Lipinski definition) is 4. The van der Waals surface area contributed by atoms with Crippen molar-refractivity contribution >= 4 is 55.0 Å². The molecule has 2 heterocycles. The van der Waals surface area contributed by atoms with Crippen molar-refractivity contribution in [3.63, 3.8) is 0 Å². The summed E-state index contributed by atoms with van der Waals surface area (Å²) >= 11 is 0. The van der Waals surface area contributed by atoms with Crippen molar-refractivity contribution in [2.75, 3.05) is 23.7 Å². The Hall–Kier alpha value is -4.18. The zero-order chi connectivity index (χ0) is 26.3. The molecule has 2 aromatic heterocycles. The van der Waals surface area contributed by atoms with Gasteiger partial charge in [0.15, 0.2) is 0 Å². The first kappa shape index (κ1) is 25.1. The van der Waals surface area contributed by atoms with E-state index in [0.29, 0.717) is 0 Å². The van der Waals surface area contributed by atoms with Crippen LogP contribution >= 0.6 is 0 Å². The predicted molar refractivity (Wildman–Crippen MR) is 168 cm³/mol. The van der Waals surface area contributed by atoms with Crippen LogP contribution in [0.4, 0.5) is 11.4 Å². The minimum atomic E-state index is 0.996. The Bertz CT molecular complexity index is 1470. The Morgan fingerprint density at radius 3 is 0.974 bits per heavy atom. The van der Waals surface area contributed by atoms with E-state index in [0.717, 1.165) is 35.2 Å². The molecule has 0 spiro atoms. The lowest BCUT2D eigenvalue weighted by Gasteiger charge is -2.13. The van der Waals surface area contributed by atoms with Crippen molar-refractivity contribution in [3.05, 3.63) is 97.1 Å². The molecule has 196 valence electrons. The summed E-state index contributed by atoms with van der Waals surface area (Å²) < 4.78 is 0. The maximum Gasteiger partial charge on any atom is 0.0730 e. The van der Waals surface area contributed by atoms with Gasteiger partial charge in [-0.2, -0.15) is 0 Å². The number of unbranched alkanes of at least 4 members (excludes halogenated alkanes) is 6. The minimum absolute atomic E-state index is 0.996. The summed E-state index contributed by atoms with van der Waals surface area (Å²) in [6.45, 7) is 1.99. The number of para-hydroxylation sites is 4. The van der Waals surface area contributed by atoms with Crippen LogP contribution < -0.4 is 10.6 Å². The van der Waals surface area contributed by atoms with Crippen LogP contribution in [0.1, 0.15) is 44.9 Å². The Morgan fingerprint density at radius 1 is 0.359 bits per heavy atom. The van der Waals surface area contributed by atoms with Gasteiger partial charge >= 0.3 is 0 Å². The molecule has 6 rings (SSSR count). The van der Waals surface area contributed by atoms with Crippen molar-refractivity contribution in [2.24, 2.45) is 0 Å². The maximum absolute atomic E-state index is 4.83. The largest absolute Gasteiger partial charge is 0.384 e. The lowest BCUT2D eigenvalue weighted by Crippen LogP contribution is -2.04. The number of fused-ring (bicyclic) bond motifs is 4. The highest BCUT2D eigenvalue weighted by molar-refractivity contribution is 6.08. The number of anilines is 2. The topological polar surface area (TPSA) is 49.8 Å². The molecular formula is C35H36N4. The number of aromatic nitrogens is 2. The van der Waals surface area contributed by atoms with E-state index < -0.39 is 0 Å². The van der Waals surface area contributed by atoms with Crippen LogP contribution in [0.3, 0.4) is 0 Å². The zero-order valence-electron chi connectivity index (χ0n) is 22.5. The van der Waals surface area contributed by atoms with Gasteiger partial charge in [-0.25, -0.2) is 9.97 Å².